The molecule has 2 aromatic rings. The summed E-state index contributed by atoms with van der Waals surface area (Å²) >= 11 is 1.90. The van der Waals surface area contributed by atoms with Crippen LogP contribution in [-0.4, -0.2) is 59.5 Å². The zero-order valence-electron chi connectivity index (χ0n) is 14.5. The number of thiophene rings is 1. The second kappa shape index (κ2) is 6.78. The van der Waals surface area contributed by atoms with Crippen LogP contribution in [-0.2, 0) is 19.5 Å². The molecule has 4 heterocycles. The number of aryl methyl sites for hydroxylation is 1. The van der Waals surface area contributed by atoms with Crippen molar-refractivity contribution in [3.8, 4) is 0 Å². The lowest BCUT2D eigenvalue weighted by molar-refractivity contribution is 0.245. The largest absolute Gasteiger partial charge is 0.338 e. The van der Waals surface area contributed by atoms with Crippen molar-refractivity contribution in [1.29, 1.82) is 0 Å². The third-order valence-electron chi connectivity index (χ3n) is 4.96. The molecule has 4 rings (SSSR count). The SMILES string of the molecule is Cc1ccc(CN2CCc3nc(N4CCN(C)CC4)ncc3C2)s1. The van der Waals surface area contributed by atoms with E-state index in [0.717, 1.165) is 58.2 Å². The first-order valence-electron chi connectivity index (χ1n) is 8.73. The van der Waals surface area contributed by atoms with E-state index in [1.807, 2.05) is 11.3 Å². The number of piperazine rings is 1. The van der Waals surface area contributed by atoms with Gasteiger partial charge in [-0.05, 0) is 26.1 Å². The molecule has 0 amide bonds. The number of rotatable bonds is 3. The summed E-state index contributed by atoms with van der Waals surface area (Å²) in [7, 11) is 2.18. The molecule has 0 atom stereocenters. The summed E-state index contributed by atoms with van der Waals surface area (Å²) in [5.41, 5.74) is 2.55. The van der Waals surface area contributed by atoms with E-state index >= 15 is 0 Å². The molecule has 1 fully saturated rings. The first kappa shape index (κ1) is 16.0. The van der Waals surface area contributed by atoms with Crippen LogP contribution in [0.4, 0.5) is 5.95 Å². The highest BCUT2D eigenvalue weighted by molar-refractivity contribution is 7.11. The van der Waals surface area contributed by atoms with E-state index in [2.05, 4.69) is 52.0 Å². The average molecular weight is 344 g/mol. The molecular weight excluding hydrogens is 318 g/mol. The van der Waals surface area contributed by atoms with Crippen LogP contribution in [0.5, 0.6) is 0 Å². The predicted octanol–water partition coefficient (Wildman–Crippen LogP) is 2.16. The zero-order valence-corrected chi connectivity index (χ0v) is 15.3. The van der Waals surface area contributed by atoms with Crippen molar-refractivity contribution in [2.75, 3.05) is 44.7 Å². The number of anilines is 1. The van der Waals surface area contributed by atoms with Gasteiger partial charge in [0.2, 0.25) is 5.95 Å². The Labute approximate surface area is 147 Å². The predicted molar refractivity (Wildman–Crippen MR) is 98.6 cm³/mol. The van der Waals surface area contributed by atoms with Gasteiger partial charge in [0.15, 0.2) is 0 Å². The van der Waals surface area contributed by atoms with Gasteiger partial charge in [0, 0.05) is 73.7 Å². The van der Waals surface area contributed by atoms with Crippen LogP contribution in [0.2, 0.25) is 0 Å². The molecule has 0 saturated carbocycles. The van der Waals surface area contributed by atoms with E-state index in [1.165, 1.54) is 21.0 Å². The minimum absolute atomic E-state index is 0.921. The van der Waals surface area contributed by atoms with E-state index in [-0.39, 0.29) is 0 Å². The summed E-state index contributed by atoms with van der Waals surface area (Å²) in [6.07, 6.45) is 3.09. The molecule has 2 aromatic heterocycles. The van der Waals surface area contributed by atoms with Crippen molar-refractivity contribution in [3.05, 3.63) is 39.3 Å². The summed E-state index contributed by atoms with van der Waals surface area (Å²) in [5.74, 6) is 0.921. The summed E-state index contributed by atoms with van der Waals surface area (Å²) < 4.78 is 0. The second-order valence-electron chi connectivity index (χ2n) is 6.91. The number of fused-ring (bicyclic) bond motifs is 1. The highest BCUT2D eigenvalue weighted by atomic mass is 32.1. The van der Waals surface area contributed by atoms with Crippen LogP contribution in [0.15, 0.2) is 18.3 Å². The van der Waals surface area contributed by atoms with Crippen LogP contribution in [0.3, 0.4) is 0 Å². The third-order valence-corrected chi connectivity index (χ3v) is 5.95. The Morgan fingerprint density at radius 3 is 2.71 bits per heavy atom. The molecule has 0 spiro atoms. The fraction of sp³-hybridized carbons (Fsp3) is 0.556. The Hall–Kier alpha value is -1.50. The summed E-state index contributed by atoms with van der Waals surface area (Å²) in [5, 5.41) is 0. The smallest absolute Gasteiger partial charge is 0.225 e. The van der Waals surface area contributed by atoms with E-state index in [9.17, 15) is 0 Å². The molecule has 6 heteroatoms. The lowest BCUT2D eigenvalue weighted by atomic mass is 10.1. The highest BCUT2D eigenvalue weighted by Gasteiger charge is 2.22. The van der Waals surface area contributed by atoms with Crippen molar-refractivity contribution in [2.24, 2.45) is 0 Å². The van der Waals surface area contributed by atoms with Crippen molar-refractivity contribution < 1.29 is 0 Å². The molecule has 0 N–H and O–H groups in total. The number of hydrogen-bond donors (Lipinski definition) is 0. The van der Waals surface area contributed by atoms with Gasteiger partial charge < -0.3 is 9.80 Å². The van der Waals surface area contributed by atoms with Gasteiger partial charge >= 0.3 is 0 Å². The van der Waals surface area contributed by atoms with Gasteiger partial charge in [-0.3, -0.25) is 4.90 Å². The fourth-order valence-electron chi connectivity index (χ4n) is 3.45. The molecular formula is C18H25N5S. The van der Waals surface area contributed by atoms with Gasteiger partial charge in [-0.2, -0.15) is 0 Å². The molecule has 0 aromatic carbocycles. The summed E-state index contributed by atoms with van der Waals surface area (Å²) in [6, 6.07) is 4.46. The molecule has 128 valence electrons. The minimum atomic E-state index is 0.921. The Balaban J connectivity index is 1.43. The van der Waals surface area contributed by atoms with Crippen LogP contribution in [0.25, 0.3) is 0 Å². The Morgan fingerprint density at radius 2 is 1.96 bits per heavy atom. The molecule has 2 aliphatic heterocycles. The normalized spacial score (nSPS) is 19.5. The van der Waals surface area contributed by atoms with Crippen LogP contribution >= 0.6 is 11.3 Å². The molecule has 0 bridgehead atoms. The van der Waals surface area contributed by atoms with Gasteiger partial charge in [0.1, 0.15) is 0 Å². The van der Waals surface area contributed by atoms with Gasteiger partial charge in [-0.15, -0.1) is 11.3 Å². The first-order chi connectivity index (χ1) is 11.7. The quantitative estimate of drug-likeness (QED) is 0.853. The van der Waals surface area contributed by atoms with Crippen molar-refractivity contribution >= 4 is 17.3 Å². The Bertz CT molecular complexity index is 705. The molecule has 0 radical (unpaired) electrons. The molecule has 0 unspecified atom stereocenters. The van der Waals surface area contributed by atoms with Crippen molar-refractivity contribution in [1.82, 2.24) is 19.8 Å². The molecule has 2 aliphatic rings. The van der Waals surface area contributed by atoms with E-state index in [1.54, 1.807) is 0 Å². The van der Waals surface area contributed by atoms with Crippen LogP contribution < -0.4 is 4.90 Å². The van der Waals surface area contributed by atoms with Crippen LogP contribution in [0.1, 0.15) is 21.0 Å². The maximum atomic E-state index is 4.88. The lowest BCUT2D eigenvalue weighted by Gasteiger charge is -2.33. The van der Waals surface area contributed by atoms with E-state index in [4.69, 9.17) is 4.98 Å². The van der Waals surface area contributed by atoms with Gasteiger partial charge in [0.25, 0.3) is 0 Å². The third kappa shape index (κ3) is 3.45. The van der Waals surface area contributed by atoms with Gasteiger partial charge in [-0.25, -0.2) is 9.97 Å². The summed E-state index contributed by atoms with van der Waals surface area (Å²) in [6.45, 7) is 9.51. The lowest BCUT2D eigenvalue weighted by Crippen LogP contribution is -2.45. The number of nitrogens with zero attached hydrogens (tertiary/aromatic N) is 5. The van der Waals surface area contributed by atoms with Crippen molar-refractivity contribution in [2.45, 2.75) is 26.4 Å². The number of likely N-dealkylation sites (N-methyl/N-ethyl adjacent to an activating group) is 1. The summed E-state index contributed by atoms with van der Waals surface area (Å²) in [4.78, 5) is 19.6. The van der Waals surface area contributed by atoms with Crippen LogP contribution in [0, 0.1) is 6.92 Å². The van der Waals surface area contributed by atoms with E-state index in [0.29, 0.717) is 0 Å². The van der Waals surface area contributed by atoms with E-state index < -0.39 is 0 Å². The Morgan fingerprint density at radius 1 is 1.12 bits per heavy atom. The molecule has 5 nitrogen and oxygen atoms in total. The Kier molecular flexibility index (Phi) is 4.52. The highest BCUT2D eigenvalue weighted by Crippen LogP contribution is 2.23. The maximum Gasteiger partial charge on any atom is 0.225 e. The standard InChI is InChI=1S/C18H25N5S/c1-14-3-4-16(24-14)13-22-6-5-17-15(12-22)11-19-18(20-17)23-9-7-21(2)8-10-23/h3-4,11H,5-10,12-13H2,1-2H3. The monoisotopic (exact) mass is 343 g/mol. The molecule has 24 heavy (non-hydrogen) atoms. The first-order valence-corrected chi connectivity index (χ1v) is 9.55. The molecule has 0 aliphatic carbocycles. The fourth-order valence-corrected chi connectivity index (χ4v) is 4.38. The topological polar surface area (TPSA) is 35.5 Å². The number of hydrogen-bond acceptors (Lipinski definition) is 6. The zero-order chi connectivity index (χ0) is 16.5. The average Bonchev–Trinajstić information content (AvgIpc) is 3.00. The number of aromatic nitrogens is 2. The van der Waals surface area contributed by atoms with Gasteiger partial charge in [0.05, 0.1) is 5.69 Å². The maximum absolute atomic E-state index is 4.88. The minimum Gasteiger partial charge on any atom is -0.338 e. The van der Waals surface area contributed by atoms with Gasteiger partial charge in [-0.1, -0.05) is 0 Å². The second-order valence-corrected chi connectivity index (χ2v) is 8.28. The molecule has 1 saturated heterocycles. The van der Waals surface area contributed by atoms with Crippen molar-refractivity contribution in [3.63, 3.8) is 0 Å².